The van der Waals surface area contributed by atoms with Crippen LogP contribution in [0.3, 0.4) is 0 Å². The highest BCUT2D eigenvalue weighted by molar-refractivity contribution is 7.84. The standard InChI is InChI=1S/C16H30N2O7S/c1-14(2,3)26(21)17-10(8-18(19)20)12-13(25-16(6,7)24-12)11-9-22-15(4,5)23-11/h10-13,17H,8-9H2,1-7H3/t10-,11-,12-,13-,26?/m1/s1. The van der Waals surface area contributed by atoms with Crippen LogP contribution in [0.25, 0.3) is 0 Å². The average Bonchev–Trinajstić information content (AvgIpc) is 2.95. The van der Waals surface area contributed by atoms with Crippen LogP contribution in [-0.2, 0) is 29.9 Å². The van der Waals surface area contributed by atoms with Gasteiger partial charge in [-0.15, -0.1) is 0 Å². The lowest BCUT2D eigenvalue weighted by molar-refractivity contribution is -0.485. The van der Waals surface area contributed by atoms with Gasteiger partial charge in [-0.05, 0) is 48.5 Å². The maximum Gasteiger partial charge on any atom is 0.222 e. The largest absolute Gasteiger partial charge is 0.348 e. The van der Waals surface area contributed by atoms with Gasteiger partial charge in [0, 0.05) is 4.92 Å². The lowest BCUT2D eigenvalue weighted by Gasteiger charge is -2.29. The zero-order chi connectivity index (χ0) is 19.9. The van der Waals surface area contributed by atoms with Crippen LogP contribution in [0.2, 0.25) is 0 Å². The molecule has 2 aliphatic heterocycles. The van der Waals surface area contributed by atoms with Crippen molar-refractivity contribution in [1.29, 1.82) is 0 Å². The van der Waals surface area contributed by atoms with E-state index in [4.69, 9.17) is 18.9 Å². The Kier molecular flexibility index (Phi) is 6.16. The first-order valence-electron chi connectivity index (χ1n) is 8.67. The summed E-state index contributed by atoms with van der Waals surface area (Å²) >= 11 is 0. The Hall–Kier alpha value is -0.650. The van der Waals surface area contributed by atoms with Gasteiger partial charge in [0.15, 0.2) is 11.6 Å². The van der Waals surface area contributed by atoms with E-state index in [-0.39, 0.29) is 0 Å². The van der Waals surface area contributed by atoms with Crippen molar-refractivity contribution in [2.75, 3.05) is 13.2 Å². The molecule has 0 aromatic heterocycles. The third-order valence-corrected chi connectivity index (χ3v) is 5.75. The van der Waals surface area contributed by atoms with Gasteiger partial charge in [-0.2, -0.15) is 0 Å². The second kappa shape index (κ2) is 7.40. The van der Waals surface area contributed by atoms with E-state index in [2.05, 4.69) is 4.72 Å². The van der Waals surface area contributed by atoms with Crippen molar-refractivity contribution in [3.8, 4) is 0 Å². The van der Waals surface area contributed by atoms with Crippen LogP contribution in [-0.4, -0.2) is 63.0 Å². The molecule has 5 atom stereocenters. The molecular weight excluding hydrogens is 364 g/mol. The van der Waals surface area contributed by atoms with E-state index in [1.54, 1.807) is 48.5 Å². The van der Waals surface area contributed by atoms with Gasteiger partial charge in [0.25, 0.3) is 0 Å². The van der Waals surface area contributed by atoms with Crippen LogP contribution >= 0.6 is 0 Å². The smallest absolute Gasteiger partial charge is 0.222 e. The first kappa shape index (κ1) is 21.6. The summed E-state index contributed by atoms with van der Waals surface area (Å²) in [4.78, 5) is 10.8. The molecule has 2 rings (SSSR count). The summed E-state index contributed by atoms with van der Waals surface area (Å²) in [6, 6.07) is -0.802. The van der Waals surface area contributed by atoms with Crippen molar-refractivity contribution in [2.24, 2.45) is 0 Å². The molecule has 0 spiro atoms. The Morgan fingerprint density at radius 1 is 1.19 bits per heavy atom. The van der Waals surface area contributed by atoms with Gasteiger partial charge in [0.1, 0.15) is 24.4 Å². The Morgan fingerprint density at radius 2 is 1.81 bits per heavy atom. The first-order valence-corrected chi connectivity index (χ1v) is 9.82. The van der Waals surface area contributed by atoms with Crippen LogP contribution in [0.15, 0.2) is 0 Å². The minimum atomic E-state index is -1.50. The summed E-state index contributed by atoms with van der Waals surface area (Å²) in [5, 5.41) is 11.2. The van der Waals surface area contributed by atoms with Gasteiger partial charge in [-0.3, -0.25) is 10.1 Å². The SMILES string of the molecule is CC1(C)O[C@H]([C@@H](C[N+](=O)[O-])NS(=O)C(C)(C)C)[C@@H]([C@H]2COC(C)(C)O2)O1. The molecule has 2 heterocycles. The minimum absolute atomic E-state index is 0.293. The summed E-state index contributed by atoms with van der Waals surface area (Å²) < 4.78 is 38.3. The molecule has 2 aliphatic rings. The fraction of sp³-hybridized carbons (Fsp3) is 1.00. The Bertz CT molecular complexity index is 561. The third kappa shape index (κ3) is 5.43. The molecule has 26 heavy (non-hydrogen) atoms. The highest BCUT2D eigenvalue weighted by Crippen LogP contribution is 2.37. The third-order valence-electron chi connectivity index (χ3n) is 4.12. The van der Waals surface area contributed by atoms with Crippen LogP contribution in [0.5, 0.6) is 0 Å². The van der Waals surface area contributed by atoms with Gasteiger partial charge in [0.2, 0.25) is 6.54 Å². The van der Waals surface area contributed by atoms with Crippen LogP contribution in [0.4, 0.5) is 0 Å². The van der Waals surface area contributed by atoms with E-state index in [0.29, 0.717) is 6.61 Å². The van der Waals surface area contributed by atoms with Crippen molar-refractivity contribution in [3.05, 3.63) is 10.1 Å². The molecule has 0 saturated carbocycles. The van der Waals surface area contributed by atoms with Crippen molar-refractivity contribution in [3.63, 3.8) is 0 Å². The maximum atomic E-state index is 12.5. The fourth-order valence-corrected chi connectivity index (χ4v) is 3.81. The highest BCUT2D eigenvalue weighted by Gasteiger charge is 2.53. The van der Waals surface area contributed by atoms with Gasteiger partial charge in [-0.1, -0.05) is 0 Å². The van der Waals surface area contributed by atoms with Crippen molar-refractivity contribution < 1.29 is 28.1 Å². The molecule has 9 nitrogen and oxygen atoms in total. The van der Waals surface area contributed by atoms with Crippen molar-refractivity contribution >= 4 is 11.0 Å². The zero-order valence-corrected chi connectivity index (χ0v) is 17.3. The van der Waals surface area contributed by atoms with E-state index in [1.165, 1.54) is 0 Å². The highest BCUT2D eigenvalue weighted by atomic mass is 32.2. The van der Waals surface area contributed by atoms with E-state index in [0.717, 1.165) is 0 Å². The summed E-state index contributed by atoms with van der Waals surface area (Å²) in [7, 11) is -1.50. The second-order valence-electron chi connectivity index (χ2n) is 8.55. The number of ether oxygens (including phenoxy) is 4. The first-order chi connectivity index (χ1) is 11.7. The molecule has 1 N–H and O–H groups in total. The molecule has 152 valence electrons. The van der Waals surface area contributed by atoms with Gasteiger partial charge in [-0.25, -0.2) is 8.93 Å². The number of nitrogens with one attached hydrogen (secondary N) is 1. The van der Waals surface area contributed by atoms with E-state index >= 15 is 0 Å². The van der Waals surface area contributed by atoms with Crippen molar-refractivity contribution in [1.82, 2.24) is 4.72 Å². The molecule has 0 aliphatic carbocycles. The molecule has 0 radical (unpaired) electrons. The maximum absolute atomic E-state index is 12.5. The molecule has 1 unspecified atom stereocenters. The lowest BCUT2D eigenvalue weighted by Crippen LogP contribution is -2.54. The van der Waals surface area contributed by atoms with E-state index in [9.17, 15) is 14.3 Å². The summed E-state index contributed by atoms with van der Waals surface area (Å²) in [5.74, 6) is -1.70. The predicted octanol–water partition coefficient (Wildman–Crippen LogP) is 1.36. The Morgan fingerprint density at radius 3 is 2.27 bits per heavy atom. The predicted molar refractivity (Wildman–Crippen MR) is 95.4 cm³/mol. The average molecular weight is 394 g/mol. The number of nitro groups is 1. The molecule has 0 aromatic carbocycles. The van der Waals surface area contributed by atoms with E-state index < -0.39 is 63.1 Å². The summed E-state index contributed by atoms with van der Waals surface area (Å²) in [6.45, 7) is 12.3. The molecule has 10 heteroatoms. The summed E-state index contributed by atoms with van der Waals surface area (Å²) in [6.07, 6.45) is -1.72. The number of nitrogens with zero attached hydrogens (tertiary/aromatic N) is 1. The molecule has 0 amide bonds. The molecule has 2 saturated heterocycles. The van der Waals surface area contributed by atoms with Crippen molar-refractivity contribution in [2.45, 2.75) is 89.1 Å². The van der Waals surface area contributed by atoms with Crippen LogP contribution < -0.4 is 4.72 Å². The number of hydrogen-bond acceptors (Lipinski definition) is 7. The molecule has 2 fully saturated rings. The quantitative estimate of drug-likeness (QED) is 0.535. The fourth-order valence-electron chi connectivity index (χ4n) is 2.98. The van der Waals surface area contributed by atoms with Gasteiger partial charge in [0.05, 0.1) is 22.3 Å². The molecular formula is C16H30N2O7S. The normalized spacial score (nSPS) is 33.1. The summed E-state index contributed by atoms with van der Waals surface area (Å²) in [5.41, 5.74) is 0. The Balaban J connectivity index is 2.24. The van der Waals surface area contributed by atoms with Gasteiger partial charge >= 0.3 is 0 Å². The van der Waals surface area contributed by atoms with Gasteiger partial charge < -0.3 is 18.9 Å². The molecule has 0 bridgehead atoms. The van der Waals surface area contributed by atoms with Crippen LogP contribution in [0.1, 0.15) is 48.5 Å². The van der Waals surface area contributed by atoms with Crippen LogP contribution in [0, 0.1) is 10.1 Å². The number of hydrogen-bond donors (Lipinski definition) is 1. The Labute approximate surface area is 156 Å². The topological polar surface area (TPSA) is 109 Å². The van der Waals surface area contributed by atoms with E-state index in [1.807, 2.05) is 0 Å². The lowest BCUT2D eigenvalue weighted by atomic mass is 10.0. The minimum Gasteiger partial charge on any atom is -0.348 e. The monoisotopic (exact) mass is 394 g/mol. The zero-order valence-electron chi connectivity index (χ0n) is 16.4. The second-order valence-corrected chi connectivity index (χ2v) is 10.6. The molecule has 0 aromatic rings. The number of rotatable bonds is 6.